The molecule has 4 aliphatic rings. The maximum Gasteiger partial charge on any atom is 0.280 e. The fraction of sp³-hybridized carbons (Fsp3) is 0.500. The second kappa shape index (κ2) is 9.54. The number of aromatic nitrogens is 1. The van der Waals surface area contributed by atoms with Gasteiger partial charge < -0.3 is 20.9 Å². The number of carbonyl (C=O) groups excluding carboxylic acids is 3. The average molecular weight is 502 g/mol. The van der Waals surface area contributed by atoms with Gasteiger partial charge in [-0.2, -0.15) is 0 Å². The topological polar surface area (TPSA) is 103 Å². The van der Waals surface area contributed by atoms with Crippen LogP contribution in [0.4, 0.5) is 0 Å². The van der Waals surface area contributed by atoms with Gasteiger partial charge in [0, 0.05) is 47.8 Å². The highest BCUT2D eigenvalue weighted by atomic mass is 35.5. The number of thiazole rings is 1. The van der Waals surface area contributed by atoms with E-state index < -0.39 is 0 Å². The summed E-state index contributed by atoms with van der Waals surface area (Å²) in [6.45, 7) is 2.70. The van der Waals surface area contributed by atoms with E-state index in [1.807, 2.05) is 24.3 Å². The lowest BCUT2D eigenvalue weighted by atomic mass is 9.90. The summed E-state index contributed by atoms with van der Waals surface area (Å²) < 4.78 is 0. The Morgan fingerprint density at radius 1 is 1.15 bits per heavy atom. The number of amides is 3. The van der Waals surface area contributed by atoms with Crippen molar-refractivity contribution in [3.05, 3.63) is 50.6 Å². The SMILES string of the molecule is CC(=O)N1CCc2nc(C(=O)N[C@@H]3CCCC[C@@H]3NC(=O)C3=CC4C=C(Cl)C=CC4N3)sc2C1. The van der Waals surface area contributed by atoms with E-state index in [4.69, 9.17) is 11.6 Å². The number of fused-ring (bicyclic) bond motifs is 2. The smallest absolute Gasteiger partial charge is 0.280 e. The Morgan fingerprint density at radius 2 is 1.88 bits per heavy atom. The van der Waals surface area contributed by atoms with Gasteiger partial charge in [-0.3, -0.25) is 14.4 Å². The summed E-state index contributed by atoms with van der Waals surface area (Å²) >= 11 is 7.45. The minimum absolute atomic E-state index is 0.0344. The molecule has 180 valence electrons. The number of nitrogens with zero attached hydrogens (tertiary/aromatic N) is 2. The van der Waals surface area contributed by atoms with E-state index in [0.717, 1.165) is 36.3 Å². The van der Waals surface area contributed by atoms with Gasteiger partial charge in [-0.25, -0.2) is 4.98 Å². The summed E-state index contributed by atoms with van der Waals surface area (Å²) in [5.41, 5.74) is 1.45. The van der Waals surface area contributed by atoms with Crippen LogP contribution in [0.1, 0.15) is 53.0 Å². The predicted molar refractivity (Wildman–Crippen MR) is 130 cm³/mol. The summed E-state index contributed by atoms with van der Waals surface area (Å²) in [6, 6.07) is -0.258. The molecule has 10 heteroatoms. The van der Waals surface area contributed by atoms with Crippen molar-refractivity contribution in [2.45, 2.75) is 63.7 Å². The van der Waals surface area contributed by atoms with E-state index in [0.29, 0.717) is 35.2 Å². The average Bonchev–Trinajstić information content (AvgIpc) is 3.43. The zero-order chi connectivity index (χ0) is 23.8. The number of rotatable bonds is 4. The number of hydrogen-bond acceptors (Lipinski definition) is 6. The fourth-order valence-corrected chi connectivity index (χ4v) is 6.28. The molecule has 2 aliphatic heterocycles. The molecule has 3 amide bonds. The molecule has 4 atom stereocenters. The second-order valence-corrected chi connectivity index (χ2v) is 10.8. The minimum Gasteiger partial charge on any atom is -0.374 e. The third kappa shape index (κ3) is 4.77. The van der Waals surface area contributed by atoms with E-state index in [2.05, 4.69) is 20.9 Å². The van der Waals surface area contributed by atoms with Gasteiger partial charge in [-0.1, -0.05) is 36.6 Å². The monoisotopic (exact) mass is 501 g/mol. The van der Waals surface area contributed by atoms with Crippen LogP contribution >= 0.6 is 22.9 Å². The Bertz CT molecular complexity index is 1110. The van der Waals surface area contributed by atoms with E-state index in [1.165, 1.54) is 11.3 Å². The lowest BCUT2D eigenvalue weighted by Gasteiger charge is -2.32. The summed E-state index contributed by atoms with van der Waals surface area (Å²) in [6.07, 6.45) is 11.9. The van der Waals surface area contributed by atoms with Crippen LogP contribution in [0.5, 0.6) is 0 Å². The molecule has 1 aromatic heterocycles. The molecule has 3 N–H and O–H groups in total. The Labute approximate surface area is 207 Å². The highest BCUT2D eigenvalue weighted by Gasteiger charge is 2.33. The van der Waals surface area contributed by atoms with Crippen molar-refractivity contribution in [1.82, 2.24) is 25.8 Å². The van der Waals surface area contributed by atoms with Gasteiger partial charge in [0.25, 0.3) is 11.8 Å². The first-order chi connectivity index (χ1) is 16.4. The molecule has 8 nitrogen and oxygen atoms in total. The van der Waals surface area contributed by atoms with Crippen molar-refractivity contribution in [3.63, 3.8) is 0 Å². The minimum atomic E-state index is -0.214. The molecule has 2 unspecified atom stereocenters. The Balaban J connectivity index is 1.22. The van der Waals surface area contributed by atoms with Gasteiger partial charge in [0.15, 0.2) is 5.01 Å². The molecule has 3 heterocycles. The Kier molecular flexibility index (Phi) is 6.48. The van der Waals surface area contributed by atoms with Crippen molar-refractivity contribution < 1.29 is 14.4 Å². The summed E-state index contributed by atoms with van der Waals surface area (Å²) in [7, 11) is 0. The maximum absolute atomic E-state index is 13.0. The quantitative estimate of drug-likeness (QED) is 0.587. The van der Waals surface area contributed by atoms with Crippen molar-refractivity contribution in [3.8, 4) is 0 Å². The van der Waals surface area contributed by atoms with Gasteiger partial charge in [-0.05, 0) is 25.0 Å². The molecule has 0 spiro atoms. The van der Waals surface area contributed by atoms with Crippen LogP contribution in [0.25, 0.3) is 0 Å². The predicted octanol–water partition coefficient (Wildman–Crippen LogP) is 2.37. The largest absolute Gasteiger partial charge is 0.374 e. The van der Waals surface area contributed by atoms with Gasteiger partial charge in [-0.15, -0.1) is 11.3 Å². The van der Waals surface area contributed by atoms with Gasteiger partial charge in [0.2, 0.25) is 5.91 Å². The molecule has 1 aromatic rings. The van der Waals surface area contributed by atoms with Gasteiger partial charge in [0.05, 0.1) is 24.0 Å². The molecule has 34 heavy (non-hydrogen) atoms. The second-order valence-electron chi connectivity index (χ2n) is 9.26. The highest BCUT2D eigenvalue weighted by molar-refractivity contribution is 7.13. The van der Waals surface area contributed by atoms with Gasteiger partial charge in [0.1, 0.15) is 0 Å². The summed E-state index contributed by atoms with van der Waals surface area (Å²) in [4.78, 5) is 45.0. The number of allylic oxidation sites excluding steroid dienone is 2. The Hall–Kier alpha value is -2.65. The van der Waals surface area contributed by atoms with E-state index in [1.54, 1.807) is 11.8 Å². The zero-order valence-corrected chi connectivity index (χ0v) is 20.5. The zero-order valence-electron chi connectivity index (χ0n) is 19.0. The van der Waals surface area contributed by atoms with Crippen LogP contribution in [0, 0.1) is 5.92 Å². The summed E-state index contributed by atoms with van der Waals surface area (Å²) in [5.74, 6) is -0.274. The van der Waals surface area contributed by atoms with Crippen molar-refractivity contribution in [2.24, 2.45) is 5.92 Å². The van der Waals surface area contributed by atoms with E-state index in [9.17, 15) is 14.4 Å². The number of nitrogens with one attached hydrogen (secondary N) is 3. The summed E-state index contributed by atoms with van der Waals surface area (Å²) in [5, 5.41) is 10.6. The third-order valence-electron chi connectivity index (χ3n) is 6.92. The highest BCUT2D eigenvalue weighted by Crippen LogP contribution is 2.28. The number of carbonyl (C=O) groups is 3. The van der Waals surface area contributed by atoms with Crippen LogP contribution in [0.3, 0.4) is 0 Å². The van der Waals surface area contributed by atoms with Crippen LogP contribution in [0.15, 0.2) is 35.0 Å². The Morgan fingerprint density at radius 3 is 2.62 bits per heavy atom. The van der Waals surface area contributed by atoms with Gasteiger partial charge >= 0.3 is 0 Å². The van der Waals surface area contributed by atoms with Crippen molar-refractivity contribution >= 4 is 40.7 Å². The van der Waals surface area contributed by atoms with Crippen LogP contribution < -0.4 is 16.0 Å². The molecular weight excluding hydrogens is 474 g/mol. The first-order valence-corrected chi connectivity index (χ1v) is 13.0. The molecule has 5 rings (SSSR count). The number of halogens is 1. The van der Waals surface area contributed by atoms with Crippen LogP contribution in [-0.2, 0) is 22.6 Å². The molecule has 2 aliphatic carbocycles. The van der Waals surface area contributed by atoms with Crippen molar-refractivity contribution in [2.75, 3.05) is 6.54 Å². The fourth-order valence-electron chi connectivity index (χ4n) is 5.04. The maximum atomic E-state index is 13.0. The first-order valence-electron chi connectivity index (χ1n) is 11.8. The van der Waals surface area contributed by atoms with E-state index in [-0.39, 0.29) is 41.8 Å². The van der Waals surface area contributed by atoms with E-state index >= 15 is 0 Å². The number of hydrogen-bond donors (Lipinski definition) is 3. The normalized spacial score (nSPS) is 27.6. The molecule has 1 fully saturated rings. The molecular formula is C24H28ClN5O3S. The molecule has 1 saturated carbocycles. The molecule has 0 aromatic carbocycles. The molecule has 0 radical (unpaired) electrons. The lowest BCUT2D eigenvalue weighted by Crippen LogP contribution is -2.54. The lowest BCUT2D eigenvalue weighted by molar-refractivity contribution is -0.129. The molecule has 0 saturated heterocycles. The third-order valence-corrected chi connectivity index (χ3v) is 8.26. The molecule has 0 bridgehead atoms. The van der Waals surface area contributed by atoms with Crippen LogP contribution in [-0.4, -0.2) is 52.3 Å². The van der Waals surface area contributed by atoms with Crippen molar-refractivity contribution in [1.29, 1.82) is 0 Å². The van der Waals surface area contributed by atoms with Crippen LogP contribution in [0.2, 0.25) is 0 Å². The first kappa shape index (κ1) is 23.1. The standard InChI is InChI=1S/C24H28ClN5O3S/c1-13(31)30-9-8-19-21(12-30)34-24(29-19)23(33)28-18-5-3-2-4-17(18)27-22(32)20-11-14-10-15(25)6-7-16(14)26-20/h6-7,10-11,14,16-18,26H,2-5,8-9,12H2,1H3,(H,27,32)(H,28,33)/t14?,16?,17-,18+/m0/s1.